The van der Waals surface area contributed by atoms with Gasteiger partial charge in [-0.25, -0.2) is 9.48 Å². The van der Waals surface area contributed by atoms with Crippen molar-refractivity contribution in [3.05, 3.63) is 102 Å². The van der Waals surface area contributed by atoms with Gasteiger partial charge in [-0.2, -0.15) is 5.10 Å². The summed E-state index contributed by atoms with van der Waals surface area (Å²) in [5.41, 5.74) is 5.90. The molecule has 6 nitrogen and oxygen atoms in total. The number of aryl methyl sites for hydroxylation is 1. The number of hydrogen-bond acceptors (Lipinski definition) is 5. The standard InChI is InChI=1S/C29H28N2O4/c1-5-35-29(32)18-25(24-8-6-7-9-28(24)34-4)26-19-27(21-12-10-20(2)11-13-21)31(30-26)22-14-16-23(33-3)17-15-22/h6-19H,5H2,1-4H3/b25-18-. The first-order valence-corrected chi connectivity index (χ1v) is 11.4. The zero-order chi connectivity index (χ0) is 24.8. The van der Waals surface area contributed by atoms with Crippen molar-refractivity contribution in [2.24, 2.45) is 0 Å². The van der Waals surface area contributed by atoms with E-state index >= 15 is 0 Å². The van der Waals surface area contributed by atoms with Crippen LogP contribution in [0.5, 0.6) is 11.5 Å². The van der Waals surface area contributed by atoms with E-state index in [1.807, 2.05) is 59.3 Å². The Balaban J connectivity index is 1.93. The van der Waals surface area contributed by atoms with Gasteiger partial charge in [0.1, 0.15) is 11.5 Å². The Kier molecular flexibility index (Phi) is 7.31. The van der Waals surface area contributed by atoms with Crippen molar-refractivity contribution in [2.75, 3.05) is 20.8 Å². The summed E-state index contributed by atoms with van der Waals surface area (Å²) in [5, 5.41) is 4.94. The average Bonchev–Trinajstić information content (AvgIpc) is 3.33. The van der Waals surface area contributed by atoms with Crippen LogP contribution in [0, 0.1) is 6.92 Å². The van der Waals surface area contributed by atoms with Gasteiger partial charge in [0.15, 0.2) is 0 Å². The number of aromatic nitrogens is 2. The molecule has 0 aliphatic heterocycles. The van der Waals surface area contributed by atoms with Crippen LogP contribution < -0.4 is 9.47 Å². The summed E-state index contributed by atoms with van der Waals surface area (Å²) in [5.74, 6) is 0.957. The summed E-state index contributed by atoms with van der Waals surface area (Å²) in [6, 6.07) is 25.5. The molecule has 3 aromatic carbocycles. The average molecular weight is 469 g/mol. The molecule has 0 saturated carbocycles. The number of hydrogen-bond donors (Lipinski definition) is 0. The molecule has 0 aliphatic rings. The fourth-order valence-corrected chi connectivity index (χ4v) is 3.82. The molecule has 0 amide bonds. The maximum absolute atomic E-state index is 12.6. The minimum atomic E-state index is -0.440. The third-order valence-corrected chi connectivity index (χ3v) is 5.60. The second-order valence-corrected chi connectivity index (χ2v) is 7.90. The summed E-state index contributed by atoms with van der Waals surface area (Å²) < 4.78 is 18.0. The summed E-state index contributed by atoms with van der Waals surface area (Å²) in [7, 11) is 3.24. The Morgan fingerprint density at radius 2 is 1.66 bits per heavy atom. The molecule has 0 unspecified atom stereocenters. The first-order valence-electron chi connectivity index (χ1n) is 11.4. The van der Waals surface area contributed by atoms with E-state index in [-0.39, 0.29) is 6.61 Å². The fraction of sp³-hybridized carbons (Fsp3) is 0.172. The van der Waals surface area contributed by atoms with Gasteiger partial charge in [0.25, 0.3) is 0 Å². The van der Waals surface area contributed by atoms with Crippen molar-refractivity contribution in [2.45, 2.75) is 13.8 Å². The highest BCUT2D eigenvalue weighted by Gasteiger charge is 2.19. The molecule has 0 radical (unpaired) electrons. The number of rotatable bonds is 8. The van der Waals surface area contributed by atoms with Crippen LogP contribution in [0.4, 0.5) is 0 Å². The van der Waals surface area contributed by atoms with Crippen molar-refractivity contribution in [3.63, 3.8) is 0 Å². The number of benzene rings is 3. The highest BCUT2D eigenvalue weighted by molar-refractivity contribution is 5.97. The molecule has 6 heteroatoms. The lowest BCUT2D eigenvalue weighted by atomic mass is 10.00. The van der Waals surface area contributed by atoms with E-state index in [9.17, 15) is 4.79 Å². The van der Waals surface area contributed by atoms with Crippen molar-refractivity contribution in [3.8, 4) is 28.4 Å². The van der Waals surface area contributed by atoms with E-state index in [0.717, 1.165) is 28.3 Å². The summed E-state index contributed by atoms with van der Waals surface area (Å²) >= 11 is 0. The second kappa shape index (κ2) is 10.7. The first kappa shape index (κ1) is 23.8. The van der Waals surface area contributed by atoms with Gasteiger partial charge in [-0.1, -0.05) is 48.0 Å². The molecule has 0 spiro atoms. The Hall–Kier alpha value is -4.32. The van der Waals surface area contributed by atoms with Crippen molar-refractivity contribution < 1.29 is 19.0 Å². The highest BCUT2D eigenvalue weighted by atomic mass is 16.5. The fourth-order valence-electron chi connectivity index (χ4n) is 3.82. The van der Waals surface area contributed by atoms with Crippen molar-refractivity contribution in [1.29, 1.82) is 0 Å². The van der Waals surface area contributed by atoms with Gasteiger partial charge in [0.2, 0.25) is 0 Å². The zero-order valence-corrected chi connectivity index (χ0v) is 20.3. The zero-order valence-electron chi connectivity index (χ0n) is 20.3. The van der Waals surface area contributed by atoms with E-state index in [1.54, 1.807) is 21.1 Å². The molecular weight excluding hydrogens is 440 g/mol. The number of carbonyl (C=O) groups is 1. The lowest BCUT2D eigenvalue weighted by Gasteiger charge is -2.11. The predicted octanol–water partition coefficient (Wildman–Crippen LogP) is 5.86. The molecule has 4 rings (SSSR count). The monoisotopic (exact) mass is 468 g/mol. The Labute approximate surface area is 205 Å². The lowest BCUT2D eigenvalue weighted by Crippen LogP contribution is -2.04. The molecule has 0 bridgehead atoms. The van der Waals surface area contributed by atoms with Crippen LogP contribution in [0.1, 0.15) is 23.7 Å². The van der Waals surface area contributed by atoms with Crippen LogP contribution in [0.3, 0.4) is 0 Å². The largest absolute Gasteiger partial charge is 0.497 e. The molecule has 0 atom stereocenters. The first-order chi connectivity index (χ1) is 17.0. The number of methoxy groups -OCH3 is 2. The van der Waals surface area contributed by atoms with Gasteiger partial charge in [-0.3, -0.25) is 0 Å². The van der Waals surface area contributed by atoms with Crippen LogP contribution in [0.2, 0.25) is 0 Å². The Morgan fingerprint density at radius 3 is 2.31 bits per heavy atom. The van der Waals surface area contributed by atoms with E-state index in [0.29, 0.717) is 17.0 Å². The molecule has 178 valence electrons. The number of ether oxygens (including phenoxy) is 3. The minimum absolute atomic E-state index is 0.281. The predicted molar refractivity (Wildman–Crippen MR) is 137 cm³/mol. The second-order valence-electron chi connectivity index (χ2n) is 7.90. The topological polar surface area (TPSA) is 62.6 Å². The minimum Gasteiger partial charge on any atom is -0.497 e. The van der Waals surface area contributed by atoms with Gasteiger partial charge < -0.3 is 14.2 Å². The SMILES string of the molecule is CCOC(=O)/C=C(\c1cc(-c2ccc(C)cc2)n(-c2ccc(OC)cc2)n1)c1ccccc1OC. The van der Waals surface area contributed by atoms with Crippen LogP contribution in [-0.2, 0) is 9.53 Å². The molecule has 0 saturated heterocycles. The van der Waals surface area contributed by atoms with Crippen LogP contribution in [-0.4, -0.2) is 36.6 Å². The van der Waals surface area contributed by atoms with E-state index in [4.69, 9.17) is 19.3 Å². The molecule has 0 N–H and O–H groups in total. The van der Waals surface area contributed by atoms with Crippen molar-refractivity contribution in [1.82, 2.24) is 9.78 Å². The Bertz CT molecular complexity index is 1340. The van der Waals surface area contributed by atoms with Gasteiger partial charge in [0, 0.05) is 22.8 Å². The van der Waals surface area contributed by atoms with E-state index in [2.05, 4.69) is 31.2 Å². The van der Waals surface area contributed by atoms with Crippen LogP contribution >= 0.6 is 0 Å². The Morgan fingerprint density at radius 1 is 0.943 bits per heavy atom. The molecule has 35 heavy (non-hydrogen) atoms. The third kappa shape index (κ3) is 5.27. The smallest absolute Gasteiger partial charge is 0.331 e. The normalized spacial score (nSPS) is 11.3. The van der Waals surface area contributed by atoms with Crippen LogP contribution in [0.25, 0.3) is 22.5 Å². The highest BCUT2D eigenvalue weighted by Crippen LogP contribution is 2.34. The molecule has 4 aromatic rings. The third-order valence-electron chi connectivity index (χ3n) is 5.60. The molecule has 0 fully saturated rings. The number of nitrogens with zero attached hydrogens (tertiary/aromatic N) is 2. The maximum atomic E-state index is 12.6. The lowest BCUT2D eigenvalue weighted by molar-refractivity contribution is -0.137. The van der Waals surface area contributed by atoms with E-state index in [1.165, 1.54) is 11.6 Å². The van der Waals surface area contributed by atoms with Gasteiger partial charge in [-0.15, -0.1) is 0 Å². The van der Waals surface area contributed by atoms with Gasteiger partial charge in [-0.05, 0) is 50.2 Å². The molecule has 1 heterocycles. The van der Waals surface area contributed by atoms with E-state index < -0.39 is 5.97 Å². The number of carbonyl (C=O) groups excluding carboxylic acids is 1. The number of esters is 1. The number of para-hydroxylation sites is 1. The molecule has 0 aliphatic carbocycles. The maximum Gasteiger partial charge on any atom is 0.331 e. The quantitative estimate of drug-likeness (QED) is 0.239. The van der Waals surface area contributed by atoms with Crippen LogP contribution in [0.15, 0.2) is 84.9 Å². The molecule has 1 aromatic heterocycles. The van der Waals surface area contributed by atoms with Gasteiger partial charge in [0.05, 0.1) is 37.9 Å². The summed E-state index contributed by atoms with van der Waals surface area (Å²) in [6.45, 7) is 4.11. The van der Waals surface area contributed by atoms with Crippen molar-refractivity contribution >= 4 is 11.5 Å². The summed E-state index contributed by atoms with van der Waals surface area (Å²) in [6.07, 6.45) is 1.47. The van der Waals surface area contributed by atoms with Gasteiger partial charge >= 0.3 is 5.97 Å². The molecular formula is C29H28N2O4. The summed E-state index contributed by atoms with van der Waals surface area (Å²) in [4.78, 5) is 12.6.